The summed E-state index contributed by atoms with van der Waals surface area (Å²) in [6.45, 7) is 0.579. The fourth-order valence-electron chi connectivity index (χ4n) is 0.329. The van der Waals surface area contributed by atoms with Crippen molar-refractivity contribution in [1.29, 1.82) is 0 Å². The predicted octanol–water partition coefficient (Wildman–Crippen LogP) is 0.214. The molecule has 0 saturated heterocycles. The molecule has 0 fully saturated rings. The Bertz CT molecular complexity index is 176. The highest BCUT2D eigenvalue weighted by molar-refractivity contribution is 5.33. The van der Waals surface area contributed by atoms with E-state index in [4.69, 9.17) is 0 Å². The molecule has 0 radical (unpaired) electrons. The van der Waals surface area contributed by atoms with Crippen LogP contribution >= 0.6 is 0 Å². The number of nitrogens with zero attached hydrogens (tertiary/aromatic N) is 2. The van der Waals surface area contributed by atoms with E-state index in [0.29, 0.717) is 0 Å². The molecule has 4 nitrogen and oxygen atoms in total. The Morgan fingerprint density at radius 2 is 1.40 bits per heavy atom. The molecule has 0 aromatic rings. The van der Waals surface area contributed by atoms with Crippen LogP contribution in [0.2, 0.25) is 0 Å². The minimum atomic E-state index is 0.290. The van der Waals surface area contributed by atoms with Crippen molar-refractivity contribution in [2.45, 2.75) is 0 Å². The number of isocyanates is 2. The molecule has 0 heterocycles. The van der Waals surface area contributed by atoms with Crippen LogP contribution in [0.3, 0.4) is 0 Å². The molecule has 0 aliphatic carbocycles. The summed E-state index contributed by atoms with van der Waals surface area (Å²) in [5.41, 5.74) is 0. The first kappa shape index (κ1) is 8.50. The molecule has 4 heteroatoms. The maximum atomic E-state index is 9.48. The summed E-state index contributed by atoms with van der Waals surface area (Å²) in [6.07, 6.45) is 5.98. The lowest BCUT2D eigenvalue weighted by Gasteiger charge is -1.75. The summed E-state index contributed by atoms with van der Waals surface area (Å²) < 4.78 is 0. The average molecular weight is 138 g/mol. The largest absolute Gasteiger partial charge is 0.235 e. The van der Waals surface area contributed by atoms with E-state index >= 15 is 0 Å². The van der Waals surface area contributed by atoms with Gasteiger partial charge in [0.05, 0.1) is 13.1 Å². The van der Waals surface area contributed by atoms with E-state index in [1.54, 1.807) is 12.2 Å². The van der Waals surface area contributed by atoms with Crippen LogP contribution in [0.4, 0.5) is 0 Å². The normalized spacial score (nSPS) is 8.40. The Kier molecular flexibility index (Phi) is 6.38. The Balaban J connectivity index is 3.37. The molecule has 0 spiro atoms. The van der Waals surface area contributed by atoms with Crippen molar-refractivity contribution in [2.24, 2.45) is 9.98 Å². The van der Waals surface area contributed by atoms with Crippen LogP contribution in [0.5, 0.6) is 0 Å². The van der Waals surface area contributed by atoms with Gasteiger partial charge in [-0.1, -0.05) is 12.2 Å². The average Bonchev–Trinajstić information content (AvgIpc) is 1.97. The standard InChI is InChI=1S/C6H6N2O2/c9-5-7-3-1-2-4-8-6-10/h1-2H,3-4H2. The Labute approximate surface area is 58.0 Å². The molecule has 0 saturated carbocycles. The third kappa shape index (κ3) is 6.50. The zero-order chi connectivity index (χ0) is 7.66. The lowest BCUT2D eigenvalue weighted by molar-refractivity contribution is 0.563. The number of aliphatic imine (C=N–C) groups is 2. The molecule has 0 aromatic carbocycles. The van der Waals surface area contributed by atoms with Gasteiger partial charge in [-0.15, -0.1) is 0 Å². The first-order valence-corrected chi connectivity index (χ1v) is 2.64. The number of hydrogen-bond acceptors (Lipinski definition) is 4. The molecular formula is C6H6N2O2. The summed E-state index contributed by atoms with van der Waals surface area (Å²) in [7, 11) is 0. The molecule has 0 unspecified atom stereocenters. The summed E-state index contributed by atoms with van der Waals surface area (Å²) in [6, 6.07) is 0. The lowest BCUT2D eigenvalue weighted by atomic mass is 10.5. The van der Waals surface area contributed by atoms with Gasteiger partial charge in [0.25, 0.3) is 0 Å². The van der Waals surface area contributed by atoms with Gasteiger partial charge in [0.2, 0.25) is 12.2 Å². The van der Waals surface area contributed by atoms with Gasteiger partial charge in [0.1, 0.15) is 0 Å². The zero-order valence-electron chi connectivity index (χ0n) is 5.28. The quantitative estimate of drug-likeness (QED) is 0.317. The van der Waals surface area contributed by atoms with Gasteiger partial charge < -0.3 is 0 Å². The summed E-state index contributed by atoms with van der Waals surface area (Å²) in [5, 5.41) is 0. The molecule has 0 rings (SSSR count). The molecule has 0 amide bonds. The SMILES string of the molecule is O=C=NCC=CCN=C=O. The Morgan fingerprint density at radius 3 is 1.70 bits per heavy atom. The van der Waals surface area contributed by atoms with E-state index in [9.17, 15) is 9.59 Å². The minimum Gasteiger partial charge on any atom is -0.211 e. The van der Waals surface area contributed by atoms with E-state index in [1.165, 1.54) is 12.2 Å². The van der Waals surface area contributed by atoms with Gasteiger partial charge in [-0.25, -0.2) is 19.6 Å². The van der Waals surface area contributed by atoms with Crippen LogP contribution in [0.15, 0.2) is 22.1 Å². The highest BCUT2D eigenvalue weighted by atomic mass is 16.1. The van der Waals surface area contributed by atoms with Crippen LogP contribution in [0.1, 0.15) is 0 Å². The number of hydrogen-bond donors (Lipinski definition) is 0. The van der Waals surface area contributed by atoms with Gasteiger partial charge >= 0.3 is 0 Å². The van der Waals surface area contributed by atoms with Crippen LogP contribution in [0.25, 0.3) is 0 Å². The molecule has 0 atom stereocenters. The summed E-state index contributed by atoms with van der Waals surface area (Å²) >= 11 is 0. The third-order valence-corrected chi connectivity index (χ3v) is 0.689. The molecule has 0 aliphatic heterocycles. The zero-order valence-corrected chi connectivity index (χ0v) is 5.28. The van der Waals surface area contributed by atoms with E-state index < -0.39 is 0 Å². The van der Waals surface area contributed by atoms with Gasteiger partial charge in [-0.2, -0.15) is 0 Å². The monoisotopic (exact) mass is 138 g/mol. The van der Waals surface area contributed by atoms with Gasteiger partial charge in [-0.05, 0) is 0 Å². The van der Waals surface area contributed by atoms with Crippen LogP contribution < -0.4 is 0 Å². The van der Waals surface area contributed by atoms with Crippen molar-refractivity contribution in [3.8, 4) is 0 Å². The molecule has 0 N–H and O–H groups in total. The molecule has 10 heavy (non-hydrogen) atoms. The van der Waals surface area contributed by atoms with Crippen molar-refractivity contribution < 1.29 is 9.59 Å². The third-order valence-electron chi connectivity index (χ3n) is 0.689. The highest BCUT2D eigenvalue weighted by Crippen LogP contribution is 1.74. The van der Waals surface area contributed by atoms with Crippen molar-refractivity contribution in [2.75, 3.05) is 13.1 Å². The van der Waals surface area contributed by atoms with Crippen LogP contribution in [-0.4, -0.2) is 25.2 Å². The number of rotatable bonds is 4. The summed E-state index contributed by atoms with van der Waals surface area (Å²) in [4.78, 5) is 25.4. The van der Waals surface area contributed by atoms with Crippen LogP contribution in [-0.2, 0) is 9.59 Å². The van der Waals surface area contributed by atoms with Gasteiger partial charge in [0, 0.05) is 0 Å². The molecule has 0 aliphatic rings. The fourth-order valence-corrected chi connectivity index (χ4v) is 0.329. The maximum Gasteiger partial charge on any atom is 0.235 e. The first-order valence-electron chi connectivity index (χ1n) is 2.64. The highest BCUT2D eigenvalue weighted by Gasteiger charge is 1.70. The van der Waals surface area contributed by atoms with Gasteiger partial charge in [0.15, 0.2) is 0 Å². The second-order valence-electron chi connectivity index (χ2n) is 1.34. The predicted molar refractivity (Wildman–Crippen MR) is 35.1 cm³/mol. The topological polar surface area (TPSA) is 58.9 Å². The molecule has 0 bridgehead atoms. The summed E-state index contributed by atoms with van der Waals surface area (Å²) in [5.74, 6) is 0. The molecular weight excluding hydrogens is 132 g/mol. The van der Waals surface area contributed by atoms with Crippen molar-refractivity contribution in [3.63, 3.8) is 0 Å². The smallest absolute Gasteiger partial charge is 0.211 e. The second-order valence-corrected chi connectivity index (χ2v) is 1.34. The van der Waals surface area contributed by atoms with E-state index in [-0.39, 0.29) is 13.1 Å². The lowest BCUT2D eigenvalue weighted by Crippen LogP contribution is -1.73. The van der Waals surface area contributed by atoms with Crippen molar-refractivity contribution >= 4 is 12.2 Å². The molecule has 52 valence electrons. The van der Waals surface area contributed by atoms with Crippen LogP contribution in [0, 0.1) is 0 Å². The van der Waals surface area contributed by atoms with Crippen molar-refractivity contribution in [3.05, 3.63) is 12.2 Å². The van der Waals surface area contributed by atoms with E-state index in [1.807, 2.05) is 0 Å². The minimum absolute atomic E-state index is 0.290. The van der Waals surface area contributed by atoms with Crippen molar-refractivity contribution in [1.82, 2.24) is 0 Å². The van der Waals surface area contributed by atoms with E-state index in [0.717, 1.165) is 0 Å². The van der Waals surface area contributed by atoms with Gasteiger partial charge in [-0.3, -0.25) is 0 Å². The second kappa shape index (κ2) is 7.50. The molecule has 0 aromatic heterocycles. The number of carbonyl (C=O) groups excluding carboxylic acids is 2. The van der Waals surface area contributed by atoms with E-state index in [2.05, 4.69) is 9.98 Å². The Morgan fingerprint density at radius 1 is 1.00 bits per heavy atom. The fraction of sp³-hybridized carbons (Fsp3) is 0.333. The first-order chi connectivity index (χ1) is 4.91. The Hall–Kier alpha value is -1.50. The maximum absolute atomic E-state index is 9.48.